The van der Waals surface area contributed by atoms with E-state index >= 15 is 0 Å². The third-order valence-corrected chi connectivity index (χ3v) is 4.56. The van der Waals surface area contributed by atoms with E-state index in [1.54, 1.807) is 0 Å². The van der Waals surface area contributed by atoms with Crippen molar-refractivity contribution in [2.45, 2.75) is 13.8 Å². The van der Waals surface area contributed by atoms with Crippen LogP contribution in [0.2, 0.25) is 0 Å². The number of anilines is 2. The third kappa shape index (κ3) is 2.61. The van der Waals surface area contributed by atoms with Crippen LogP contribution in [0.4, 0.5) is 17.1 Å². The van der Waals surface area contributed by atoms with E-state index < -0.39 is 0 Å². The molecule has 0 saturated heterocycles. The van der Waals surface area contributed by atoms with Gasteiger partial charge in [0.05, 0.1) is 11.3 Å². The molecule has 4 rings (SSSR count). The van der Waals surface area contributed by atoms with Crippen LogP contribution in [0.5, 0.6) is 0 Å². The summed E-state index contributed by atoms with van der Waals surface area (Å²) < 4.78 is 2.31. The maximum absolute atomic E-state index is 2.39. The van der Waals surface area contributed by atoms with Crippen molar-refractivity contribution < 1.29 is 4.58 Å². The van der Waals surface area contributed by atoms with Gasteiger partial charge < -0.3 is 0 Å². The number of hydrogen-bond donors (Lipinski definition) is 0. The number of rotatable bonds is 2. The molecule has 0 spiro atoms. The fraction of sp³-hybridized carbons (Fsp3) is 0.136. The first kappa shape index (κ1) is 14.7. The van der Waals surface area contributed by atoms with Crippen LogP contribution in [0.25, 0.3) is 0 Å². The highest BCUT2D eigenvalue weighted by Crippen LogP contribution is 2.34. The van der Waals surface area contributed by atoms with Gasteiger partial charge in [-0.2, -0.15) is 4.58 Å². The van der Waals surface area contributed by atoms with E-state index in [1.165, 1.54) is 33.8 Å². The highest BCUT2D eigenvalue weighted by Gasteiger charge is 2.26. The molecule has 0 aromatic heterocycles. The van der Waals surface area contributed by atoms with Crippen molar-refractivity contribution in [2.75, 3.05) is 11.6 Å². The summed E-state index contributed by atoms with van der Waals surface area (Å²) >= 11 is 0. The molecule has 2 nitrogen and oxygen atoms in total. The van der Waals surface area contributed by atoms with Gasteiger partial charge in [-0.15, -0.1) is 0 Å². The highest BCUT2D eigenvalue weighted by atomic mass is 15.3. The van der Waals surface area contributed by atoms with Gasteiger partial charge in [-0.25, -0.2) is 0 Å². The van der Waals surface area contributed by atoms with Crippen molar-refractivity contribution in [3.63, 3.8) is 0 Å². The lowest BCUT2D eigenvalue weighted by Gasteiger charge is -2.29. The topological polar surface area (TPSA) is 6.25 Å². The van der Waals surface area contributed by atoms with E-state index in [4.69, 9.17) is 0 Å². The summed E-state index contributed by atoms with van der Waals surface area (Å²) in [7, 11) is 0. The molecule has 3 aromatic rings. The molecule has 3 aromatic carbocycles. The van der Waals surface area contributed by atoms with Crippen LogP contribution in [0.15, 0.2) is 72.8 Å². The van der Waals surface area contributed by atoms with Crippen LogP contribution in [0.3, 0.4) is 0 Å². The first-order chi connectivity index (χ1) is 11.7. The molecular formula is C22H21N2+. The van der Waals surface area contributed by atoms with Crippen LogP contribution in [0, 0.1) is 13.8 Å². The van der Waals surface area contributed by atoms with Gasteiger partial charge >= 0.3 is 0 Å². The van der Waals surface area contributed by atoms with Crippen molar-refractivity contribution in [2.24, 2.45) is 0 Å². The Morgan fingerprint density at radius 1 is 0.792 bits per heavy atom. The normalized spacial score (nSPS) is 13.4. The molecule has 0 bridgehead atoms. The van der Waals surface area contributed by atoms with E-state index in [9.17, 15) is 0 Å². The number of para-hydroxylation sites is 2. The molecule has 118 valence electrons. The molecule has 1 aliphatic heterocycles. The Morgan fingerprint density at radius 3 is 2.29 bits per heavy atom. The maximum Gasteiger partial charge on any atom is 0.228 e. The average molecular weight is 313 g/mol. The van der Waals surface area contributed by atoms with Crippen LogP contribution < -0.4 is 4.90 Å². The lowest BCUT2D eigenvalue weighted by Crippen LogP contribution is -2.32. The van der Waals surface area contributed by atoms with Crippen LogP contribution in [-0.4, -0.2) is 17.5 Å². The van der Waals surface area contributed by atoms with Crippen molar-refractivity contribution in [3.05, 3.63) is 89.5 Å². The van der Waals surface area contributed by atoms with E-state index in [0.717, 1.165) is 6.67 Å². The minimum absolute atomic E-state index is 0.810. The summed E-state index contributed by atoms with van der Waals surface area (Å²) in [5, 5.41) is 0. The molecule has 0 unspecified atom stereocenters. The second-order valence-corrected chi connectivity index (χ2v) is 6.35. The summed E-state index contributed by atoms with van der Waals surface area (Å²) in [4.78, 5) is 2.39. The predicted molar refractivity (Wildman–Crippen MR) is 101 cm³/mol. The smallest absolute Gasteiger partial charge is 0.228 e. The quantitative estimate of drug-likeness (QED) is 0.591. The molecule has 0 saturated carbocycles. The minimum atomic E-state index is 0.810. The lowest BCUT2D eigenvalue weighted by atomic mass is 10.0. The Balaban J connectivity index is 1.86. The van der Waals surface area contributed by atoms with Crippen LogP contribution >= 0.6 is 0 Å². The Kier molecular flexibility index (Phi) is 3.66. The zero-order valence-electron chi connectivity index (χ0n) is 14.1. The SMILES string of the molecule is Cc1ccc([N+]2=Cc3cccc(C)c3N(c3ccccc3)C2)cc1. The van der Waals surface area contributed by atoms with Gasteiger partial charge in [-0.05, 0) is 37.6 Å². The summed E-state index contributed by atoms with van der Waals surface area (Å²) in [5.74, 6) is 0. The first-order valence-corrected chi connectivity index (χ1v) is 8.33. The fourth-order valence-corrected chi connectivity index (χ4v) is 3.30. The van der Waals surface area contributed by atoms with Crippen molar-refractivity contribution in [3.8, 4) is 0 Å². The number of hydrogen-bond acceptors (Lipinski definition) is 1. The zero-order chi connectivity index (χ0) is 16.5. The van der Waals surface area contributed by atoms with Gasteiger partial charge in [-0.1, -0.05) is 48.0 Å². The second kappa shape index (κ2) is 5.97. The van der Waals surface area contributed by atoms with Gasteiger partial charge in [0.2, 0.25) is 12.4 Å². The molecular weight excluding hydrogens is 292 g/mol. The molecule has 0 atom stereocenters. The standard InChI is InChI=1S/C22H21N2/c1-17-11-13-20(14-12-17)23-15-19-8-6-7-18(2)22(19)24(16-23)21-9-4-3-5-10-21/h3-15H,16H2,1-2H3/q+1. The van der Waals surface area contributed by atoms with Gasteiger partial charge in [0.1, 0.15) is 0 Å². The monoisotopic (exact) mass is 313 g/mol. The fourth-order valence-electron chi connectivity index (χ4n) is 3.30. The molecule has 0 aliphatic carbocycles. The summed E-state index contributed by atoms with van der Waals surface area (Å²) in [6, 6.07) is 25.8. The molecule has 24 heavy (non-hydrogen) atoms. The highest BCUT2D eigenvalue weighted by molar-refractivity contribution is 5.90. The molecule has 1 heterocycles. The Hall–Kier alpha value is -2.87. The number of benzene rings is 3. The van der Waals surface area contributed by atoms with Crippen molar-refractivity contribution >= 4 is 23.3 Å². The second-order valence-electron chi connectivity index (χ2n) is 6.35. The van der Waals surface area contributed by atoms with Crippen molar-refractivity contribution in [1.82, 2.24) is 0 Å². The van der Waals surface area contributed by atoms with E-state index in [0.29, 0.717) is 0 Å². The third-order valence-electron chi connectivity index (χ3n) is 4.56. The van der Waals surface area contributed by atoms with E-state index in [2.05, 4.69) is 102 Å². The largest absolute Gasteiger partial charge is 0.285 e. The summed E-state index contributed by atoms with van der Waals surface area (Å²) in [5.41, 5.74) is 7.58. The van der Waals surface area contributed by atoms with Crippen molar-refractivity contribution in [1.29, 1.82) is 0 Å². The van der Waals surface area contributed by atoms with E-state index in [-0.39, 0.29) is 0 Å². The zero-order valence-corrected chi connectivity index (χ0v) is 14.1. The summed E-state index contributed by atoms with van der Waals surface area (Å²) in [6.07, 6.45) is 2.26. The number of nitrogens with zero attached hydrogens (tertiary/aromatic N) is 2. The van der Waals surface area contributed by atoms with E-state index in [1.807, 2.05) is 0 Å². The Labute approximate surface area is 143 Å². The van der Waals surface area contributed by atoms with Gasteiger partial charge in [0, 0.05) is 17.8 Å². The van der Waals surface area contributed by atoms with Gasteiger partial charge in [-0.3, -0.25) is 4.90 Å². The van der Waals surface area contributed by atoms with Crippen LogP contribution in [-0.2, 0) is 0 Å². The maximum atomic E-state index is 2.39. The predicted octanol–water partition coefficient (Wildman–Crippen LogP) is 5.18. The molecule has 0 amide bonds. The van der Waals surface area contributed by atoms with Gasteiger partial charge in [0.25, 0.3) is 0 Å². The molecule has 1 aliphatic rings. The minimum Gasteiger partial charge on any atom is -0.285 e. The Bertz CT molecular complexity index is 893. The molecule has 2 heteroatoms. The lowest BCUT2D eigenvalue weighted by molar-refractivity contribution is -0.434. The molecule has 0 fully saturated rings. The number of aryl methyl sites for hydroxylation is 2. The molecule has 0 radical (unpaired) electrons. The summed E-state index contributed by atoms with van der Waals surface area (Å²) in [6.45, 7) is 5.12. The van der Waals surface area contributed by atoms with Gasteiger partial charge in [0.15, 0.2) is 6.21 Å². The Morgan fingerprint density at radius 2 is 1.54 bits per heavy atom. The van der Waals surface area contributed by atoms with Crippen LogP contribution in [0.1, 0.15) is 16.7 Å². The first-order valence-electron chi connectivity index (χ1n) is 8.33. The number of fused-ring (bicyclic) bond motifs is 1. The average Bonchev–Trinajstić information content (AvgIpc) is 2.62. The molecule has 0 N–H and O–H groups in total.